The normalized spacial score (nSPS) is 47.4. The number of carbonyl (C=O) groups excluding carboxylic acids is 1. The minimum absolute atomic E-state index is 0.0463. The van der Waals surface area contributed by atoms with Gasteiger partial charge in [0.1, 0.15) is 0 Å². The number of hydrogen-bond acceptors (Lipinski definition) is 6. The number of carboxylic acid groups (broad SMARTS) is 1. The molecule has 0 unspecified atom stereocenters. The Morgan fingerprint density at radius 1 is 1.09 bits per heavy atom. The van der Waals surface area contributed by atoms with Crippen molar-refractivity contribution < 1.29 is 34.8 Å². The van der Waals surface area contributed by atoms with Gasteiger partial charge in [-0.3, -0.25) is 9.59 Å². The maximum Gasteiger partial charge on any atom is 0.305 e. The van der Waals surface area contributed by atoms with Gasteiger partial charge in [-0.2, -0.15) is 0 Å². The predicted molar refractivity (Wildman–Crippen MR) is 130 cm³/mol. The topological polar surface area (TPSA) is 124 Å². The Labute approximate surface area is 209 Å². The Kier molecular flexibility index (Phi) is 7.90. The fourth-order valence-electron chi connectivity index (χ4n) is 9.16. The first-order chi connectivity index (χ1) is 16.5. The molecule has 0 aromatic rings. The summed E-state index contributed by atoms with van der Waals surface area (Å²) in [6, 6.07) is 0. The molecule has 0 spiro atoms. The van der Waals surface area contributed by atoms with Crippen LogP contribution in [0.4, 0.5) is 0 Å². The van der Waals surface area contributed by atoms with E-state index in [1.807, 2.05) is 0 Å². The van der Waals surface area contributed by atoms with Crippen LogP contribution in [0.3, 0.4) is 0 Å². The monoisotopic (exact) mass is 494 g/mol. The smallest absolute Gasteiger partial charge is 0.305 e. The average molecular weight is 495 g/mol. The van der Waals surface area contributed by atoms with Crippen LogP contribution < -0.4 is 0 Å². The molecule has 0 amide bonds. The molecule has 4 aliphatic carbocycles. The Balaban J connectivity index is 0.000000421. The molecule has 5 aliphatic rings. The molecule has 200 valence electrons. The van der Waals surface area contributed by atoms with Crippen LogP contribution in [0.15, 0.2) is 0 Å². The van der Waals surface area contributed by atoms with Crippen LogP contribution in [0.5, 0.6) is 0 Å². The van der Waals surface area contributed by atoms with Crippen LogP contribution in [0, 0.1) is 46.3 Å². The molecule has 7 nitrogen and oxygen atoms in total. The third-order valence-corrected chi connectivity index (χ3v) is 11.1. The Morgan fingerprint density at radius 2 is 1.83 bits per heavy atom. The van der Waals surface area contributed by atoms with Crippen molar-refractivity contribution in [3.05, 3.63) is 0 Å². The highest BCUT2D eigenvalue weighted by atomic mass is 16.5. The zero-order valence-electron chi connectivity index (χ0n) is 21.7. The van der Waals surface area contributed by atoms with Crippen molar-refractivity contribution in [2.45, 2.75) is 110 Å². The number of aliphatic hydroxyl groups is 3. The molecular weight excluding hydrogens is 448 g/mol. The number of ether oxygens (including phenoxy) is 1. The number of esters is 1. The quantitative estimate of drug-likeness (QED) is 0.439. The molecule has 0 radical (unpaired) electrons. The second kappa shape index (κ2) is 10.3. The first-order valence-corrected chi connectivity index (χ1v) is 13.9. The molecule has 1 saturated heterocycles. The number of hydrogen-bond donors (Lipinski definition) is 4. The first-order valence-electron chi connectivity index (χ1n) is 13.9. The summed E-state index contributed by atoms with van der Waals surface area (Å²) in [5.74, 6) is 0.951. The van der Waals surface area contributed by atoms with Crippen molar-refractivity contribution in [2.24, 2.45) is 46.3 Å². The van der Waals surface area contributed by atoms with Gasteiger partial charge in [-0.25, -0.2) is 0 Å². The largest absolute Gasteiger partial charge is 0.481 e. The van der Waals surface area contributed by atoms with E-state index in [2.05, 4.69) is 25.5 Å². The van der Waals surface area contributed by atoms with E-state index in [0.717, 1.165) is 51.4 Å². The van der Waals surface area contributed by atoms with Gasteiger partial charge in [0.2, 0.25) is 0 Å². The third kappa shape index (κ3) is 4.89. The van der Waals surface area contributed by atoms with Gasteiger partial charge in [-0.1, -0.05) is 20.8 Å². The molecule has 1 aliphatic heterocycles. The van der Waals surface area contributed by atoms with Crippen LogP contribution in [0.25, 0.3) is 0 Å². The molecule has 0 aromatic heterocycles. The van der Waals surface area contributed by atoms with Gasteiger partial charge < -0.3 is 25.2 Å². The van der Waals surface area contributed by atoms with Crippen LogP contribution >= 0.6 is 0 Å². The van der Waals surface area contributed by atoms with E-state index in [0.29, 0.717) is 43.1 Å². The molecule has 35 heavy (non-hydrogen) atoms. The number of cyclic esters (lactones) is 1. The summed E-state index contributed by atoms with van der Waals surface area (Å²) in [4.78, 5) is 21.1. The number of aliphatic carboxylic acids is 1. The fourth-order valence-corrected chi connectivity index (χ4v) is 9.16. The fraction of sp³-hybridized carbons (Fsp3) is 0.929. The van der Waals surface area contributed by atoms with Gasteiger partial charge >= 0.3 is 11.9 Å². The highest BCUT2D eigenvalue weighted by Crippen LogP contribution is 2.68. The molecule has 5 fully saturated rings. The molecule has 5 rings (SSSR count). The third-order valence-electron chi connectivity index (χ3n) is 11.1. The van der Waals surface area contributed by atoms with Crippen LogP contribution in [-0.4, -0.2) is 57.3 Å². The lowest BCUT2D eigenvalue weighted by molar-refractivity contribution is -0.207. The lowest BCUT2D eigenvalue weighted by Gasteiger charge is -2.63. The van der Waals surface area contributed by atoms with E-state index in [1.54, 1.807) is 0 Å². The van der Waals surface area contributed by atoms with E-state index >= 15 is 0 Å². The Bertz CT molecular complexity index is 777. The average Bonchev–Trinajstić information content (AvgIpc) is 3.41. The Hall–Kier alpha value is -1.18. The molecule has 7 heteroatoms. The van der Waals surface area contributed by atoms with E-state index < -0.39 is 12.1 Å². The van der Waals surface area contributed by atoms with Crippen LogP contribution in [0.2, 0.25) is 0 Å². The summed E-state index contributed by atoms with van der Waals surface area (Å²) in [5, 5.41) is 42.0. The van der Waals surface area contributed by atoms with E-state index in [4.69, 9.17) is 5.11 Å². The van der Waals surface area contributed by atoms with E-state index in [-0.39, 0.29) is 47.3 Å². The van der Waals surface area contributed by atoms with Gasteiger partial charge in [-0.05, 0) is 104 Å². The molecule has 0 bridgehead atoms. The van der Waals surface area contributed by atoms with Gasteiger partial charge in [0.05, 0.1) is 24.9 Å². The maximum atomic E-state index is 11.5. The SMILES string of the molecule is C[C@H](CCC(=O)O)[C@H]1CC[C@H]2[C@@H]3[C@H](O)C[C@@H]4C[C@H](O)CC[C@]4(C)[C@H]3C[C@H](O)[C@]12C.O=C1CCCO1. The summed E-state index contributed by atoms with van der Waals surface area (Å²) < 4.78 is 4.51. The summed E-state index contributed by atoms with van der Waals surface area (Å²) in [5.41, 5.74) is -0.143. The highest BCUT2D eigenvalue weighted by Gasteiger charge is 2.65. The Morgan fingerprint density at radius 3 is 2.43 bits per heavy atom. The van der Waals surface area contributed by atoms with Gasteiger partial charge in [-0.15, -0.1) is 0 Å². The highest BCUT2D eigenvalue weighted by molar-refractivity contribution is 5.70. The summed E-state index contributed by atoms with van der Waals surface area (Å²) in [7, 11) is 0. The lowest BCUT2D eigenvalue weighted by Crippen LogP contribution is -2.62. The summed E-state index contributed by atoms with van der Waals surface area (Å²) in [6.45, 7) is 7.36. The molecule has 4 N–H and O–H groups in total. The molecule has 11 atom stereocenters. The second-order valence-corrected chi connectivity index (χ2v) is 12.8. The van der Waals surface area contributed by atoms with Gasteiger partial charge in [0.15, 0.2) is 0 Å². The van der Waals surface area contributed by atoms with Crippen LogP contribution in [-0.2, 0) is 14.3 Å². The maximum absolute atomic E-state index is 11.5. The number of aliphatic hydroxyl groups excluding tert-OH is 3. The molecular formula is C28H46O7. The number of fused-ring (bicyclic) bond motifs is 5. The zero-order chi connectivity index (χ0) is 25.5. The molecule has 0 aromatic carbocycles. The standard InChI is InChI=1S/C24H40O5.C4H6O2/c1-13(4-7-21(28)29)16-5-6-17-22-18(12-20(27)24(16,17)3)23(2)9-8-15(25)10-14(23)11-19(22)26;5-4-2-1-3-6-4/h13-20,22,25-27H,4-12H2,1-3H3,(H,28,29);1-3H2/t13-,14+,15-,16-,17+,18+,19-,20+,22+,23+,24-;/m1./s1. The van der Waals surface area contributed by atoms with Crippen LogP contribution in [0.1, 0.15) is 91.4 Å². The van der Waals surface area contributed by atoms with Crippen molar-refractivity contribution in [1.82, 2.24) is 0 Å². The van der Waals surface area contributed by atoms with Crippen molar-refractivity contribution in [1.29, 1.82) is 0 Å². The lowest BCUT2D eigenvalue weighted by atomic mass is 9.43. The number of carbonyl (C=O) groups is 2. The number of carboxylic acids is 1. The molecule has 1 heterocycles. The minimum Gasteiger partial charge on any atom is -0.481 e. The van der Waals surface area contributed by atoms with E-state index in [1.165, 1.54) is 0 Å². The molecule has 4 saturated carbocycles. The zero-order valence-corrected chi connectivity index (χ0v) is 21.7. The van der Waals surface area contributed by atoms with Crippen molar-refractivity contribution >= 4 is 11.9 Å². The van der Waals surface area contributed by atoms with Crippen molar-refractivity contribution in [2.75, 3.05) is 6.61 Å². The van der Waals surface area contributed by atoms with Crippen molar-refractivity contribution in [3.63, 3.8) is 0 Å². The second-order valence-electron chi connectivity index (χ2n) is 12.8. The first kappa shape index (κ1) is 26.9. The number of rotatable bonds is 4. The van der Waals surface area contributed by atoms with Gasteiger partial charge in [0, 0.05) is 12.8 Å². The minimum atomic E-state index is -0.748. The summed E-state index contributed by atoms with van der Waals surface area (Å²) in [6.07, 6.45) is 7.54. The van der Waals surface area contributed by atoms with E-state index in [9.17, 15) is 24.9 Å². The summed E-state index contributed by atoms with van der Waals surface area (Å²) >= 11 is 0. The van der Waals surface area contributed by atoms with Gasteiger partial charge in [0.25, 0.3) is 0 Å². The van der Waals surface area contributed by atoms with Crippen molar-refractivity contribution in [3.8, 4) is 0 Å². The predicted octanol–water partition coefficient (Wildman–Crippen LogP) is 3.77.